The highest BCUT2D eigenvalue weighted by Crippen LogP contribution is 2.14. The molecule has 0 aliphatic carbocycles. The summed E-state index contributed by atoms with van der Waals surface area (Å²) >= 11 is 0. The number of hydrogen-bond acceptors (Lipinski definition) is 2. The number of carbonyl (C=O) groups excluding carboxylic acids is 1. The lowest BCUT2D eigenvalue weighted by atomic mass is 10.1. The Kier molecular flexibility index (Phi) is 3.57. The minimum absolute atomic E-state index is 0.241. The molecule has 0 radical (unpaired) electrons. The van der Waals surface area contributed by atoms with E-state index in [0.29, 0.717) is 11.7 Å². The minimum Gasteiger partial charge on any atom is -0.333 e. The van der Waals surface area contributed by atoms with Crippen LogP contribution in [-0.4, -0.2) is 21.8 Å². The second-order valence-corrected chi connectivity index (χ2v) is 5.19. The molecule has 0 aliphatic heterocycles. The maximum Gasteiger partial charge on any atom is 0.320 e. The lowest BCUT2D eigenvalue weighted by molar-refractivity contribution is 0.243. The average Bonchev–Trinajstić information content (AvgIpc) is 2.48. The quantitative estimate of drug-likeness (QED) is 0.722. The zero-order valence-electron chi connectivity index (χ0n) is 10.5. The molecule has 1 rings (SSSR count). The van der Waals surface area contributed by atoms with Crippen LogP contribution in [0.25, 0.3) is 0 Å². The molecule has 0 unspecified atom stereocenters. The first-order chi connectivity index (χ1) is 7.28. The third-order valence-electron chi connectivity index (χ3n) is 1.95. The summed E-state index contributed by atoms with van der Waals surface area (Å²) < 4.78 is 0. The molecule has 5 heteroatoms. The van der Waals surface area contributed by atoms with Crippen LogP contribution >= 0.6 is 0 Å². The Morgan fingerprint density at radius 1 is 1.44 bits per heavy atom. The topological polar surface area (TPSA) is 69.8 Å². The van der Waals surface area contributed by atoms with Gasteiger partial charge in [0.1, 0.15) is 0 Å². The lowest BCUT2D eigenvalue weighted by Crippen LogP contribution is -2.43. The Morgan fingerprint density at radius 3 is 2.50 bits per heavy atom. The van der Waals surface area contributed by atoms with Crippen molar-refractivity contribution in [2.45, 2.75) is 46.1 Å². The molecule has 0 aromatic carbocycles. The smallest absolute Gasteiger partial charge is 0.320 e. The number of amides is 2. The molecule has 5 nitrogen and oxygen atoms in total. The van der Waals surface area contributed by atoms with Crippen molar-refractivity contribution in [2.75, 3.05) is 5.32 Å². The number of rotatable bonds is 2. The summed E-state index contributed by atoms with van der Waals surface area (Å²) in [4.78, 5) is 11.5. The molecule has 3 N–H and O–H groups in total. The zero-order chi connectivity index (χ0) is 12.3. The van der Waals surface area contributed by atoms with Crippen molar-refractivity contribution in [3.8, 4) is 0 Å². The van der Waals surface area contributed by atoms with E-state index in [-0.39, 0.29) is 11.6 Å². The van der Waals surface area contributed by atoms with Gasteiger partial charge >= 0.3 is 6.03 Å². The van der Waals surface area contributed by atoms with E-state index >= 15 is 0 Å². The van der Waals surface area contributed by atoms with E-state index in [9.17, 15) is 4.79 Å². The lowest BCUT2D eigenvalue weighted by Gasteiger charge is -2.20. The van der Waals surface area contributed by atoms with Gasteiger partial charge in [0, 0.05) is 17.3 Å². The second kappa shape index (κ2) is 4.55. The van der Waals surface area contributed by atoms with Gasteiger partial charge in [0.25, 0.3) is 0 Å². The summed E-state index contributed by atoms with van der Waals surface area (Å²) in [5, 5.41) is 12.4. The average molecular weight is 224 g/mol. The number of H-pyrrole nitrogens is 1. The summed E-state index contributed by atoms with van der Waals surface area (Å²) in [5.74, 6) is 0.916. The molecule has 90 valence electrons. The maximum absolute atomic E-state index is 11.5. The first-order valence-corrected chi connectivity index (χ1v) is 5.42. The third kappa shape index (κ3) is 3.92. The van der Waals surface area contributed by atoms with Crippen LogP contribution in [0.15, 0.2) is 6.07 Å². The van der Waals surface area contributed by atoms with Gasteiger partial charge in [-0.25, -0.2) is 4.79 Å². The van der Waals surface area contributed by atoms with Crippen molar-refractivity contribution in [3.05, 3.63) is 11.8 Å². The summed E-state index contributed by atoms with van der Waals surface area (Å²) in [5.41, 5.74) is 0.757. The fourth-order valence-electron chi connectivity index (χ4n) is 1.18. The SMILES string of the molecule is CC(C)c1cc(NC(=O)NC(C)(C)C)n[nH]1. The van der Waals surface area contributed by atoms with E-state index in [1.54, 1.807) is 0 Å². The number of anilines is 1. The highest BCUT2D eigenvalue weighted by Gasteiger charge is 2.14. The molecule has 0 fully saturated rings. The molecule has 1 heterocycles. The Labute approximate surface area is 96.0 Å². The van der Waals surface area contributed by atoms with Crippen LogP contribution in [0.2, 0.25) is 0 Å². The van der Waals surface area contributed by atoms with E-state index < -0.39 is 0 Å². The maximum atomic E-state index is 11.5. The summed E-state index contributed by atoms with van der Waals surface area (Å²) in [6.07, 6.45) is 0. The fraction of sp³-hybridized carbons (Fsp3) is 0.636. The van der Waals surface area contributed by atoms with Gasteiger partial charge in [-0.2, -0.15) is 5.10 Å². The van der Waals surface area contributed by atoms with Gasteiger partial charge in [-0.1, -0.05) is 13.8 Å². The molecule has 0 atom stereocenters. The number of nitrogens with one attached hydrogen (secondary N) is 3. The highest BCUT2D eigenvalue weighted by atomic mass is 16.2. The molecular formula is C11H20N4O. The molecule has 0 bridgehead atoms. The van der Waals surface area contributed by atoms with Crippen LogP contribution < -0.4 is 10.6 Å². The molecule has 0 spiro atoms. The number of urea groups is 1. The summed E-state index contributed by atoms with van der Waals surface area (Å²) in [6.45, 7) is 9.91. The largest absolute Gasteiger partial charge is 0.333 e. The van der Waals surface area contributed by atoms with Crippen LogP contribution in [0, 0.1) is 0 Å². The molecule has 1 aromatic rings. The number of hydrogen-bond donors (Lipinski definition) is 3. The van der Waals surface area contributed by atoms with Gasteiger partial charge in [-0.05, 0) is 26.7 Å². The van der Waals surface area contributed by atoms with E-state index in [2.05, 4.69) is 34.7 Å². The monoisotopic (exact) mass is 224 g/mol. The molecule has 0 aliphatic rings. The van der Waals surface area contributed by atoms with Crippen LogP contribution in [0.4, 0.5) is 10.6 Å². The Morgan fingerprint density at radius 2 is 2.06 bits per heavy atom. The normalized spacial score (nSPS) is 11.6. The number of nitrogens with zero attached hydrogens (tertiary/aromatic N) is 1. The van der Waals surface area contributed by atoms with Crippen LogP contribution in [-0.2, 0) is 0 Å². The van der Waals surface area contributed by atoms with E-state index in [1.807, 2.05) is 26.8 Å². The van der Waals surface area contributed by atoms with Gasteiger partial charge in [0.05, 0.1) is 0 Å². The van der Waals surface area contributed by atoms with Gasteiger partial charge in [-0.15, -0.1) is 0 Å². The van der Waals surface area contributed by atoms with Crippen molar-refractivity contribution in [2.24, 2.45) is 0 Å². The predicted octanol–water partition coefficient (Wildman–Crippen LogP) is 2.45. The first kappa shape index (κ1) is 12.5. The van der Waals surface area contributed by atoms with Crippen LogP contribution in [0.3, 0.4) is 0 Å². The van der Waals surface area contributed by atoms with Crippen molar-refractivity contribution in [1.29, 1.82) is 0 Å². The van der Waals surface area contributed by atoms with Crippen LogP contribution in [0.5, 0.6) is 0 Å². The Hall–Kier alpha value is -1.52. The molecule has 0 saturated heterocycles. The van der Waals surface area contributed by atoms with Crippen molar-refractivity contribution < 1.29 is 4.79 Å². The second-order valence-electron chi connectivity index (χ2n) is 5.19. The third-order valence-corrected chi connectivity index (χ3v) is 1.95. The van der Waals surface area contributed by atoms with Crippen LogP contribution in [0.1, 0.15) is 46.2 Å². The van der Waals surface area contributed by atoms with E-state index in [4.69, 9.17) is 0 Å². The minimum atomic E-state index is -0.249. The standard InChI is InChI=1S/C11H20N4O/c1-7(2)8-6-9(15-14-8)12-10(16)13-11(3,4)5/h6-7H,1-5H3,(H3,12,13,14,15,16). The van der Waals surface area contributed by atoms with Crippen molar-refractivity contribution in [3.63, 3.8) is 0 Å². The van der Waals surface area contributed by atoms with E-state index in [0.717, 1.165) is 5.69 Å². The Bertz CT molecular complexity index is 362. The number of aromatic nitrogens is 2. The predicted molar refractivity (Wildman–Crippen MR) is 64.6 cm³/mol. The number of aromatic amines is 1. The molecule has 0 saturated carbocycles. The molecular weight excluding hydrogens is 204 g/mol. The van der Waals surface area contributed by atoms with Crippen molar-refractivity contribution >= 4 is 11.8 Å². The molecule has 16 heavy (non-hydrogen) atoms. The Balaban J connectivity index is 2.57. The first-order valence-electron chi connectivity index (χ1n) is 5.42. The highest BCUT2D eigenvalue weighted by molar-refractivity contribution is 5.88. The molecule has 1 aromatic heterocycles. The van der Waals surface area contributed by atoms with Gasteiger partial charge in [-0.3, -0.25) is 10.4 Å². The van der Waals surface area contributed by atoms with Gasteiger partial charge < -0.3 is 5.32 Å². The summed E-state index contributed by atoms with van der Waals surface area (Å²) in [6, 6.07) is 1.60. The summed E-state index contributed by atoms with van der Waals surface area (Å²) in [7, 11) is 0. The zero-order valence-corrected chi connectivity index (χ0v) is 10.5. The van der Waals surface area contributed by atoms with Gasteiger partial charge in [0.15, 0.2) is 5.82 Å². The van der Waals surface area contributed by atoms with E-state index in [1.165, 1.54) is 0 Å². The van der Waals surface area contributed by atoms with Gasteiger partial charge in [0.2, 0.25) is 0 Å². The number of carbonyl (C=O) groups is 1. The fourth-order valence-corrected chi connectivity index (χ4v) is 1.18. The van der Waals surface area contributed by atoms with Crippen molar-refractivity contribution in [1.82, 2.24) is 15.5 Å². The molecule has 2 amide bonds.